The average molecular weight is 320 g/mol. The summed E-state index contributed by atoms with van der Waals surface area (Å²) < 4.78 is 26.0. The second kappa shape index (κ2) is 7.62. The topological polar surface area (TPSA) is 58.1 Å². The molecule has 0 saturated heterocycles. The molecule has 1 amide bonds. The third-order valence-electron chi connectivity index (χ3n) is 3.30. The summed E-state index contributed by atoms with van der Waals surface area (Å²) in [6.07, 6.45) is 2.11. The zero-order valence-electron chi connectivity index (χ0n) is 13.0. The quantitative estimate of drug-likeness (QED) is 0.888. The van der Waals surface area contributed by atoms with Crippen molar-refractivity contribution in [3.8, 4) is 0 Å². The van der Waals surface area contributed by atoms with Crippen molar-refractivity contribution >= 4 is 17.4 Å². The van der Waals surface area contributed by atoms with Gasteiger partial charge in [0.15, 0.2) is 23.1 Å². The van der Waals surface area contributed by atoms with Crippen molar-refractivity contribution in [2.24, 2.45) is 0 Å². The van der Waals surface area contributed by atoms with Gasteiger partial charge in [-0.1, -0.05) is 13.3 Å². The maximum absolute atomic E-state index is 13.1. The number of hydrogen-bond acceptors (Lipinski definition) is 4. The second-order valence-electron chi connectivity index (χ2n) is 5.13. The van der Waals surface area contributed by atoms with E-state index in [0.717, 1.165) is 31.5 Å². The number of hydrogen-bond donors (Lipinski definition) is 1. The van der Waals surface area contributed by atoms with Crippen molar-refractivity contribution in [3.63, 3.8) is 0 Å². The Balaban J connectivity index is 2.03. The van der Waals surface area contributed by atoms with Gasteiger partial charge < -0.3 is 10.2 Å². The summed E-state index contributed by atoms with van der Waals surface area (Å²) in [7, 11) is 1.90. The maximum atomic E-state index is 13.1. The van der Waals surface area contributed by atoms with Crippen LogP contribution in [0.3, 0.4) is 0 Å². The van der Waals surface area contributed by atoms with Gasteiger partial charge >= 0.3 is 0 Å². The van der Waals surface area contributed by atoms with Crippen molar-refractivity contribution in [2.45, 2.75) is 19.8 Å². The van der Waals surface area contributed by atoms with Crippen LogP contribution < -0.4 is 10.2 Å². The molecule has 0 aliphatic heterocycles. The molecule has 0 saturated carbocycles. The summed E-state index contributed by atoms with van der Waals surface area (Å²) in [5.41, 5.74) is 0.252. The highest BCUT2D eigenvalue weighted by Crippen LogP contribution is 2.14. The number of aromatic nitrogens is 2. The fourth-order valence-electron chi connectivity index (χ4n) is 1.93. The van der Waals surface area contributed by atoms with Gasteiger partial charge in [0.05, 0.1) is 0 Å². The Morgan fingerprint density at radius 3 is 2.57 bits per heavy atom. The maximum Gasteiger partial charge on any atom is 0.276 e. The second-order valence-corrected chi connectivity index (χ2v) is 5.13. The molecule has 2 aromatic rings. The first-order chi connectivity index (χ1) is 11.0. The largest absolute Gasteiger partial charge is 0.358 e. The van der Waals surface area contributed by atoms with E-state index in [1.807, 2.05) is 11.9 Å². The Labute approximate surface area is 133 Å². The fourth-order valence-corrected chi connectivity index (χ4v) is 1.93. The Morgan fingerprint density at radius 1 is 1.17 bits per heavy atom. The molecule has 0 aliphatic rings. The first kappa shape index (κ1) is 16.8. The highest BCUT2D eigenvalue weighted by Gasteiger charge is 2.11. The lowest BCUT2D eigenvalue weighted by molar-refractivity contribution is 0.102. The zero-order chi connectivity index (χ0) is 16.8. The van der Waals surface area contributed by atoms with Crippen LogP contribution in [0.1, 0.15) is 30.3 Å². The number of anilines is 2. The number of carbonyl (C=O) groups excluding carboxylic acids is 1. The van der Waals surface area contributed by atoms with Crippen molar-refractivity contribution in [1.82, 2.24) is 10.2 Å². The van der Waals surface area contributed by atoms with Crippen LogP contribution in [0.2, 0.25) is 0 Å². The zero-order valence-corrected chi connectivity index (χ0v) is 13.0. The van der Waals surface area contributed by atoms with Gasteiger partial charge in [-0.2, -0.15) is 0 Å². The van der Waals surface area contributed by atoms with E-state index in [9.17, 15) is 13.6 Å². The monoisotopic (exact) mass is 320 g/mol. The number of benzene rings is 1. The van der Waals surface area contributed by atoms with Crippen molar-refractivity contribution in [2.75, 3.05) is 23.8 Å². The predicted octanol–water partition coefficient (Wildman–Crippen LogP) is 3.24. The van der Waals surface area contributed by atoms with Gasteiger partial charge in [0.1, 0.15) is 0 Å². The van der Waals surface area contributed by atoms with Crippen LogP contribution in [0.5, 0.6) is 0 Å². The van der Waals surface area contributed by atoms with Crippen molar-refractivity contribution in [1.29, 1.82) is 0 Å². The van der Waals surface area contributed by atoms with Gasteiger partial charge in [0.2, 0.25) is 0 Å². The summed E-state index contributed by atoms with van der Waals surface area (Å²) >= 11 is 0. The summed E-state index contributed by atoms with van der Waals surface area (Å²) in [6.45, 7) is 2.96. The minimum Gasteiger partial charge on any atom is -0.358 e. The van der Waals surface area contributed by atoms with Crippen LogP contribution >= 0.6 is 0 Å². The highest BCUT2D eigenvalue weighted by molar-refractivity contribution is 6.02. The van der Waals surface area contributed by atoms with Crippen LogP contribution in [-0.4, -0.2) is 29.7 Å². The summed E-state index contributed by atoms with van der Waals surface area (Å²) in [5.74, 6) is -1.86. The standard InChI is InChI=1S/C16H18F2N4O/c1-3-4-9-22(2)15-8-7-14(20-21-15)16(23)19-11-5-6-12(17)13(18)10-11/h5-8,10H,3-4,9H2,1-2H3,(H,19,23). The summed E-state index contributed by atoms with van der Waals surface area (Å²) in [4.78, 5) is 14.0. The molecule has 1 aromatic carbocycles. The number of carbonyl (C=O) groups is 1. The molecule has 5 nitrogen and oxygen atoms in total. The van der Waals surface area contributed by atoms with Gasteiger partial charge in [0.25, 0.3) is 5.91 Å². The van der Waals surface area contributed by atoms with E-state index in [0.29, 0.717) is 5.82 Å². The predicted molar refractivity (Wildman–Crippen MR) is 84.5 cm³/mol. The molecule has 122 valence electrons. The molecule has 23 heavy (non-hydrogen) atoms. The molecular weight excluding hydrogens is 302 g/mol. The molecule has 0 unspecified atom stereocenters. The van der Waals surface area contributed by atoms with E-state index in [4.69, 9.17) is 0 Å². The van der Waals surface area contributed by atoms with Crippen LogP contribution in [-0.2, 0) is 0 Å². The van der Waals surface area contributed by atoms with Crippen LogP contribution in [0, 0.1) is 11.6 Å². The molecule has 1 aromatic heterocycles. The Kier molecular flexibility index (Phi) is 5.56. The lowest BCUT2D eigenvalue weighted by Crippen LogP contribution is -2.21. The van der Waals surface area contributed by atoms with E-state index in [2.05, 4.69) is 22.4 Å². The van der Waals surface area contributed by atoms with Gasteiger partial charge in [-0.3, -0.25) is 4.79 Å². The normalized spacial score (nSPS) is 10.4. The van der Waals surface area contributed by atoms with Crippen molar-refractivity contribution in [3.05, 3.63) is 47.7 Å². The lowest BCUT2D eigenvalue weighted by atomic mass is 10.2. The molecule has 0 bridgehead atoms. The number of nitrogens with one attached hydrogen (secondary N) is 1. The van der Waals surface area contributed by atoms with Crippen LogP contribution in [0.4, 0.5) is 20.3 Å². The van der Waals surface area contributed by atoms with Crippen molar-refractivity contribution < 1.29 is 13.6 Å². The summed E-state index contributed by atoms with van der Waals surface area (Å²) in [5, 5.41) is 10.3. The smallest absolute Gasteiger partial charge is 0.276 e. The van der Waals surface area contributed by atoms with E-state index >= 15 is 0 Å². The number of halogens is 2. The molecule has 1 heterocycles. The minimum atomic E-state index is -1.03. The van der Waals surface area contributed by atoms with Crippen LogP contribution in [0.15, 0.2) is 30.3 Å². The van der Waals surface area contributed by atoms with Gasteiger partial charge in [-0.05, 0) is 30.7 Å². The number of nitrogens with zero attached hydrogens (tertiary/aromatic N) is 3. The van der Waals surface area contributed by atoms with E-state index in [-0.39, 0.29) is 11.4 Å². The molecule has 1 N–H and O–H groups in total. The molecule has 0 spiro atoms. The Bertz CT molecular complexity index is 676. The fraction of sp³-hybridized carbons (Fsp3) is 0.312. The average Bonchev–Trinajstić information content (AvgIpc) is 2.56. The molecule has 7 heteroatoms. The molecule has 2 rings (SSSR count). The molecule has 0 radical (unpaired) electrons. The number of amides is 1. The molecule has 0 atom stereocenters. The molecule has 0 aliphatic carbocycles. The molecule has 0 fully saturated rings. The SMILES string of the molecule is CCCCN(C)c1ccc(C(=O)Nc2ccc(F)c(F)c2)nn1. The van der Waals surface area contributed by atoms with E-state index < -0.39 is 17.5 Å². The minimum absolute atomic E-state index is 0.0994. The van der Waals surface area contributed by atoms with E-state index in [1.165, 1.54) is 6.07 Å². The van der Waals surface area contributed by atoms with Crippen LogP contribution in [0.25, 0.3) is 0 Å². The first-order valence-corrected chi connectivity index (χ1v) is 7.32. The number of unbranched alkanes of at least 4 members (excludes halogenated alkanes) is 1. The van der Waals surface area contributed by atoms with Gasteiger partial charge in [-0.15, -0.1) is 10.2 Å². The molecular formula is C16H18F2N4O. The Hall–Kier alpha value is -2.57. The first-order valence-electron chi connectivity index (χ1n) is 7.32. The Morgan fingerprint density at radius 2 is 1.96 bits per heavy atom. The van der Waals surface area contributed by atoms with Gasteiger partial charge in [-0.25, -0.2) is 8.78 Å². The third kappa shape index (κ3) is 4.45. The third-order valence-corrected chi connectivity index (χ3v) is 3.30. The summed E-state index contributed by atoms with van der Waals surface area (Å²) in [6, 6.07) is 6.37. The number of rotatable bonds is 6. The van der Waals surface area contributed by atoms with Gasteiger partial charge in [0, 0.05) is 25.3 Å². The highest BCUT2D eigenvalue weighted by atomic mass is 19.2. The van der Waals surface area contributed by atoms with E-state index in [1.54, 1.807) is 12.1 Å². The lowest BCUT2D eigenvalue weighted by Gasteiger charge is -2.16.